The zero-order valence-corrected chi connectivity index (χ0v) is 19.2. The molecule has 1 aliphatic heterocycles. The Balaban J connectivity index is 1.17. The molecule has 0 unspecified atom stereocenters. The van der Waals surface area contributed by atoms with Crippen LogP contribution in [-0.4, -0.2) is 62.6 Å². The summed E-state index contributed by atoms with van der Waals surface area (Å²) in [7, 11) is 0. The number of hydrogen-bond donors (Lipinski definition) is 3. The van der Waals surface area contributed by atoms with Crippen LogP contribution in [0.1, 0.15) is 23.8 Å². The van der Waals surface area contributed by atoms with E-state index in [1.807, 2.05) is 65.6 Å². The van der Waals surface area contributed by atoms with E-state index < -0.39 is 29.9 Å². The summed E-state index contributed by atoms with van der Waals surface area (Å²) in [6, 6.07) is 21.7. The number of pyridine rings is 1. The summed E-state index contributed by atoms with van der Waals surface area (Å²) in [4.78, 5) is 5.76. The highest BCUT2D eigenvalue weighted by Crippen LogP contribution is 2.43. The van der Waals surface area contributed by atoms with Crippen LogP contribution in [0, 0.1) is 11.9 Å². The Bertz CT molecular complexity index is 1130. The first kappa shape index (κ1) is 23.7. The zero-order chi connectivity index (χ0) is 24.4. The Kier molecular flexibility index (Phi) is 6.71. The Morgan fingerprint density at radius 2 is 1.77 bits per heavy atom. The maximum Gasteiger partial charge on any atom is 0.255 e. The second-order valence-corrected chi connectivity index (χ2v) is 9.35. The molecule has 3 N–H and O–H groups in total. The molecule has 7 nitrogen and oxygen atoms in total. The van der Waals surface area contributed by atoms with E-state index in [4.69, 9.17) is 9.47 Å². The lowest BCUT2D eigenvalue weighted by atomic mass is 9.93. The van der Waals surface area contributed by atoms with Crippen molar-refractivity contribution in [1.82, 2.24) is 9.88 Å². The number of halogens is 1. The van der Waals surface area contributed by atoms with Crippen molar-refractivity contribution in [1.29, 1.82) is 0 Å². The summed E-state index contributed by atoms with van der Waals surface area (Å²) in [6.45, 7) is 1.05. The maximum absolute atomic E-state index is 14.5. The van der Waals surface area contributed by atoms with Crippen LogP contribution in [0.5, 0.6) is 11.5 Å². The molecule has 0 radical (unpaired) electrons. The number of para-hydroxylation sites is 1. The van der Waals surface area contributed by atoms with Gasteiger partial charge in [-0.25, -0.2) is 4.98 Å². The number of hydrogen-bond acceptors (Lipinski definition) is 7. The van der Waals surface area contributed by atoms with Crippen molar-refractivity contribution in [3.63, 3.8) is 0 Å². The normalized spacial score (nSPS) is 26.9. The number of rotatable bonds is 8. The number of fused-ring (bicyclic) bond motifs is 1. The van der Waals surface area contributed by atoms with E-state index in [9.17, 15) is 19.7 Å². The fourth-order valence-corrected chi connectivity index (χ4v) is 5.09. The van der Waals surface area contributed by atoms with E-state index in [1.165, 1.54) is 12.1 Å². The fraction of sp³-hybridized carbons (Fsp3) is 0.370. The van der Waals surface area contributed by atoms with E-state index in [0.717, 1.165) is 5.56 Å². The van der Waals surface area contributed by atoms with Crippen LogP contribution in [0.15, 0.2) is 72.8 Å². The second kappa shape index (κ2) is 9.91. The van der Waals surface area contributed by atoms with E-state index in [0.29, 0.717) is 18.7 Å². The molecule has 1 saturated carbocycles. The summed E-state index contributed by atoms with van der Waals surface area (Å²) in [5.41, 5.74) is -0.232. The van der Waals surface area contributed by atoms with Crippen LogP contribution in [0.4, 0.5) is 4.39 Å². The van der Waals surface area contributed by atoms with Crippen molar-refractivity contribution in [3.8, 4) is 11.5 Å². The largest absolute Gasteiger partial charge is 0.488 e. The Morgan fingerprint density at radius 1 is 1.06 bits per heavy atom. The standard InChI is InChI=1S/C27H29FN2O5/c28-26-23(34-16-18-7-3-1-4-8-18)12-11-21(29-26)22(31)15-30-14-19-13-24(25(32)27(19,33)17-30)35-20-9-5-2-6-10-20/h1-12,19,22,24-25,31-33H,13-17H2/t19-,22-,24+,25+,27-/m1/s1. The molecule has 2 aromatic carbocycles. The van der Waals surface area contributed by atoms with Gasteiger partial charge >= 0.3 is 0 Å². The molecular formula is C27H29FN2O5. The summed E-state index contributed by atoms with van der Waals surface area (Å²) in [5.74, 6) is -0.318. The van der Waals surface area contributed by atoms with Crippen LogP contribution >= 0.6 is 0 Å². The van der Waals surface area contributed by atoms with Gasteiger partial charge in [0.15, 0.2) is 5.75 Å². The fourth-order valence-electron chi connectivity index (χ4n) is 5.09. The molecule has 2 aliphatic rings. The Morgan fingerprint density at radius 3 is 2.46 bits per heavy atom. The Labute approximate surface area is 203 Å². The molecule has 184 valence electrons. The third-order valence-corrected chi connectivity index (χ3v) is 6.92. The molecule has 35 heavy (non-hydrogen) atoms. The van der Waals surface area contributed by atoms with Gasteiger partial charge < -0.3 is 24.8 Å². The van der Waals surface area contributed by atoms with Gasteiger partial charge in [-0.05, 0) is 36.2 Å². The number of likely N-dealkylation sites (tertiary alicyclic amines) is 1. The molecular weight excluding hydrogens is 451 g/mol. The average molecular weight is 481 g/mol. The zero-order valence-electron chi connectivity index (χ0n) is 19.2. The van der Waals surface area contributed by atoms with Crippen molar-refractivity contribution < 1.29 is 29.2 Å². The van der Waals surface area contributed by atoms with Crippen molar-refractivity contribution in [2.45, 2.75) is 36.9 Å². The van der Waals surface area contributed by atoms with Crippen LogP contribution in [0.3, 0.4) is 0 Å². The van der Waals surface area contributed by atoms with E-state index in [-0.39, 0.29) is 37.1 Å². The number of aromatic nitrogens is 1. The highest BCUT2D eigenvalue weighted by molar-refractivity contribution is 5.25. The molecule has 5 atom stereocenters. The minimum atomic E-state index is -1.33. The number of benzene rings is 2. The monoisotopic (exact) mass is 480 g/mol. The number of β-amino-alcohol motifs (C(OH)–C–C–N with tert-alkyl or cyclic N) is 2. The third-order valence-electron chi connectivity index (χ3n) is 6.92. The first-order chi connectivity index (χ1) is 16.9. The van der Waals surface area contributed by atoms with Gasteiger partial charge in [-0.1, -0.05) is 48.5 Å². The van der Waals surface area contributed by atoms with Gasteiger partial charge in [0.2, 0.25) is 0 Å². The summed E-state index contributed by atoms with van der Waals surface area (Å²) < 4.78 is 25.9. The SMILES string of the molecule is O[C@H](CN1C[C@H]2C[C@H](Oc3ccccc3)[C@H](O)[C@@]2(O)C1)c1ccc(OCc2ccccc2)c(F)n1. The molecule has 1 saturated heterocycles. The molecule has 0 spiro atoms. The van der Waals surface area contributed by atoms with Crippen LogP contribution in [0.25, 0.3) is 0 Å². The van der Waals surface area contributed by atoms with Crippen LogP contribution < -0.4 is 9.47 Å². The summed E-state index contributed by atoms with van der Waals surface area (Å²) >= 11 is 0. The molecule has 5 rings (SSSR count). The Hall–Kier alpha value is -3.04. The highest BCUT2D eigenvalue weighted by atomic mass is 19.1. The lowest BCUT2D eigenvalue weighted by molar-refractivity contribution is -0.0876. The second-order valence-electron chi connectivity index (χ2n) is 9.35. The first-order valence-electron chi connectivity index (χ1n) is 11.8. The van der Waals surface area contributed by atoms with E-state index >= 15 is 0 Å². The maximum atomic E-state index is 14.5. The number of ether oxygens (including phenoxy) is 2. The third kappa shape index (κ3) is 5.01. The van der Waals surface area contributed by atoms with Crippen LogP contribution in [0.2, 0.25) is 0 Å². The molecule has 2 heterocycles. The van der Waals surface area contributed by atoms with Gasteiger partial charge in [-0.2, -0.15) is 4.39 Å². The molecule has 1 aromatic heterocycles. The van der Waals surface area contributed by atoms with Crippen molar-refractivity contribution in [2.75, 3.05) is 19.6 Å². The molecule has 0 amide bonds. The minimum absolute atomic E-state index is 0.0161. The highest BCUT2D eigenvalue weighted by Gasteiger charge is 2.59. The van der Waals surface area contributed by atoms with Gasteiger partial charge in [-0.15, -0.1) is 0 Å². The number of aliphatic hydroxyl groups is 3. The average Bonchev–Trinajstić information content (AvgIpc) is 3.29. The van der Waals surface area contributed by atoms with Crippen LogP contribution in [-0.2, 0) is 6.61 Å². The lowest BCUT2D eigenvalue weighted by Gasteiger charge is -2.29. The van der Waals surface area contributed by atoms with E-state index in [1.54, 1.807) is 0 Å². The number of nitrogens with zero attached hydrogens (tertiary/aromatic N) is 2. The molecule has 1 aliphatic carbocycles. The summed E-state index contributed by atoms with van der Waals surface area (Å²) in [5, 5.41) is 32.7. The molecule has 2 fully saturated rings. The molecule has 8 heteroatoms. The predicted molar refractivity (Wildman–Crippen MR) is 126 cm³/mol. The van der Waals surface area contributed by atoms with Crippen molar-refractivity contribution in [2.24, 2.45) is 5.92 Å². The van der Waals surface area contributed by atoms with Gasteiger partial charge in [0.1, 0.15) is 36.3 Å². The van der Waals surface area contributed by atoms with Gasteiger partial charge in [0, 0.05) is 25.6 Å². The summed E-state index contributed by atoms with van der Waals surface area (Å²) in [6.07, 6.45) is -2.10. The van der Waals surface area contributed by atoms with Crippen molar-refractivity contribution >= 4 is 0 Å². The lowest BCUT2D eigenvalue weighted by Crippen LogP contribution is -2.49. The van der Waals surface area contributed by atoms with E-state index in [2.05, 4.69) is 4.98 Å². The molecule has 3 aromatic rings. The first-order valence-corrected chi connectivity index (χ1v) is 11.8. The van der Waals surface area contributed by atoms with Gasteiger partial charge in [0.05, 0.1) is 5.69 Å². The van der Waals surface area contributed by atoms with Gasteiger partial charge in [0.25, 0.3) is 5.95 Å². The van der Waals surface area contributed by atoms with Crippen molar-refractivity contribution in [3.05, 3.63) is 90.0 Å². The molecule has 0 bridgehead atoms. The van der Waals surface area contributed by atoms with Gasteiger partial charge in [-0.3, -0.25) is 4.90 Å². The predicted octanol–water partition coefficient (Wildman–Crippen LogP) is 2.71. The minimum Gasteiger partial charge on any atom is -0.488 e. The quantitative estimate of drug-likeness (QED) is 0.427. The number of aliphatic hydroxyl groups excluding tert-OH is 2. The topological polar surface area (TPSA) is 95.3 Å². The smallest absolute Gasteiger partial charge is 0.255 e.